The Kier molecular flexibility index (Phi) is 8.66. The van der Waals surface area contributed by atoms with Crippen molar-refractivity contribution in [1.82, 2.24) is 5.32 Å². The van der Waals surface area contributed by atoms with E-state index < -0.39 is 11.7 Å². The molecule has 0 unspecified atom stereocenters. The van der Waals surface area contributed by atoms with Gasteiger partial charge in [-0.1, -0.05) is 15.9 Å². The molecule has 6 nitrogen and oxygen atoms in total. The van der Waals surface area contributed by atoms with Crippen molar-refractivity contribution in [3.05, 3.63) is 46.2 Å². The lowest BCUT2D eigenvalue weighted by atomic mass is 10.1. The minimum Gasteiger partial charge on any atom is -0.490 e. The van der Waals surface area contributed by atoms with Gasteiger partial charge in [0, 0.05) is 10.0 Å². The summed E-state index contributed by atoms with van der Waals surface area (Å²) in [5, 5.41) is 5.15. The number of hydrogen-bond acceptors (Lipinski definition) is 5. The van der Waals surface area contributed by atoms with Crippen molar-refractivity contribution in [1.29, 1.82) is 0 Å². The minimum absolute atomic E-state index is 0.0407. The van der Waals surface area contributed by atoms with Crippen LogP contribution in [0.15, 0.2) is 34.8 Å². The highest BCUT2D eigenvalue weighted by Gasteiger charge is 2.19. The normalized spacial score (nSPS) is 10.2. The van der Waals surface area contributed by atoms with Gasteiger partial charge in [-0.15, -0.1) is 0 Å². The monoisotopic (exact) mass is 484 g/mol. The van der Waals surface area contributed by atoms with Crippen molar-refractivity contribution >= 4 is 44.9 Å². The van der Waals surface area contributed by atoms with E-state index in [2.05, 4.69) is 26.6 Å². The molecular formula is C20H22BrFN2O4S. The van der Waals surface area contributed by atoms with Gasteiger partial charge in [-0.2, -0.15) is 0 Å². The number of carbonyl (C=O) groups is 1. The summed E-state index contributed by atoms with van der Waals surface area (Å²) in [5.74, 6) is 0.219. The fraction of sp³-hybridized carbons (Fsp3) is 0.300. The van der Waals surface area contributed by atoms with E-state index >= 15 is 0 Å². The Morgan fingerprint density at radius 1 is 1.03 bits per heavy atom. The quantitative estimate of drug-likeness (QED) is 0.518. The number of hydrogen-bond donors (Lipinski definition) is 2. The highest BCUT2D eigenvalue weighted by molar-refractivity contribution is 9.10. The molecule has 0 aliphatic heterocycles. The van der Waals surface area contributed by atoms with Gasteiger partial charge in [0.05, 0.1) is 25.5 Å². The summed E-state index contributed by atoms with van der Waals surface area (Å²) in [6.07, 6.45) is 0. The lowest BCUT2D eigenvalue weighted by Crippen LogP contribution is -2.34. The van der Waals surface area contributed by atoms with Crippen molar-refractivity contribution in [3.63, 3.8) is 0 Å². The topological polar surface area (TPSA) is 68.8 Å². The molecule has 0 fully saturated rings. The molecule has 0 aliphatic rings. The van der Waals surface area contributed by atoms with Gasteiger partial charge in [-0.3, -0.25) is 10.1 Å². The molecule has 0 aliphatic carbocycles. The second-order valence-corrected chi connectivity index (χ2v) is 6.96. The van der Waals surface area contributed by atoms with E-state index in [1.54, 1.807) is 18.2 Å². The Labute approximate surface area is 182 Å². The molecule has 2 N–H and O–H groups in total. The summed E-state index contributed by atoms with van der Waals surface area (Å²) in [7, 11) is 0. The molecule has 9 heteroatoms. The first kappa shape index (κ1) is 22.9. The van der Waals surface area contributed by atoms with Crippen LogP contribution < -0.4 is 24.8 Å². The number of benzene rings is 2. The second kappa shape index (κ2) is 11.0. The van der Waals surface area contributed by atoms with E-state index in [0.717, 1.165) is 0 Å². The summed E-state index contributed by atoms with van der Waals surface area (Å²) in [4.78, 5) is 12.7. The number of nitrogens with one attached hydrogen (secondary N) is 2. The number of thiocarbonyl (C=S) groups is 1. The zero-order valence-corrected chi connectivity index (χ0v) is 18.7. The summed E-state index contributed by atoms with van der Waals surface area (Å²) < 4.78 is 31.4. The molecule has 2 aromatic rings. The van der Waals surface area contributed by atoms with Crippen LogP contribution in [0.25, 0.3) is 0 Å². The SMILES string of the molecule is CCOc1cc(C(=O)NC(=S)Nc2ccc(Br)cc2F)cc(OCC)c1OCC. The Bertz CT molecular complexity index is 868. The van der Waals surface area contributed by atoms with Crippen LogP contribution in [-0.4, -0.2) is 30.8 Å². The van der Waals surface area contributed by atoms with E-state index in [-0.39, 0.29) is 16.4 Å². The number of carbonyl (C=O) groups excluding carboxylic acids is 1. The molecule has 1 amide bonds. The smallest absolute Gasteiger partial charge is 0.257 e. The number of ether oxygens (including phenoxy) is 3. The zero-order chi connectivity index (χ0) is 21.4. The molecule has 2 rings (SSSR count). The third kappa shape index (κ3) is 6.30. The summed E-state index contributed by atoms with van der Waals surface area (Å²) in [5.41, 5.74) is 0.413. The standard InChI is InChI=1S/C20H22BrFN2O4S/c1-4-26-16-9-12(10-17(27-5-2)18(16)28-6-3)19(25)24-20(29)23-15-8-7-13(21)11-14(15)22/h7-11H,4-6H2,1-3H3,(H2,23,24,25,29). The van der Waals surface area contributed by atoms with Gasteiger partial charge < -0.3 is 19.5 Å². The maximum atomic E-state index is 14.0. The van der Waals surface area contributed by atoms with Crippen molar-refractivity contribution in [2.45, 2.75) is 20.8 Å². The molecule has 2 aromatic carbocycles. The highest BCUT2D eigenvalue weighted by atomic mass is 79.9. The lowest BCUT2D eigenvalue weighted by molar-refractivity contribution is 0.0976. The van der Waals surface area contributed by atoms with Crippen LogP contribution >= 0.6 is 28.1 Å². The number of rotatable bonds is 8. The minimum atomic E-state index is -0.505. The third-order valence-electron chi connectivity index (χ3n) is 3.58. The number of amides is 1. The Morgan fingerprint density at radius 2 is 1.62 bits per heavy atom. The lowest BCUT2D eigenvalue weighted by Gasteiger charge is -2.17. The molecule has 0 saturated heterocycles. The van der Waals surface area contributed by atoms with E-state index in [0.29, 0.717) is 41.5 Å². The van der Waals surface area contributed by atoms with Crippen LogP contribution in [0.3, 0.4) is 0 Å². The van der Waals surface area contributed by atoms with Crippen molar-refractivity contribution in [2.24, 2.45) is 0 Å². The van der Waals surface area contributed by atoms with E-state index in [1.165, 1.54) is 12.1 Å². The van der Waals surface area contributed by atoms with Crippen molar-refractivity contribution in [2.75, 3.05) is 25.1 Å². The maximum Gasteiger partial charge on any atom is 0.257 e. The van der Waals surface area contributed by atoms with Gasteiger partial charge in [0.1, 0.15) is 5.82 Å². The fourth-order valence-electron chi connectivity index (χ4n) is 2.44. The van der Waals surface area contributed by atoms with Gasteiger partial charge >= 0.3 is 0 Å². The first-order chi connectivity index (χ1) is 13.9. The van der Waals surface area contributed by atoms with Crippen LogP contribution in [0.1, 0.15) is 31.1 Å². The second-order valence-electron chi connectivity index (χ2n) is 5.63. The molecular weight excluding hydrogens is 463 g/mol. The molecule has 29 heavy (non-hydrogen) atoms. The summed E-state index contributed by atoms with van der Waals surface area (Å²) >= 11 is 8.32. The molecule has 0 radical (unpaired) electrons. The molecule has 0 aromatic heterocycles. The van der Waals surface area contributed by atoms with Gasteiger partial charge in [-0.25, -0.2) is 4.39 Å². The van der Waals surface area contributed by atoms with Gasteiger partial charge in [0.2, 0.25) is 5.75 Å². The molecule has 0 heterocycles. The molecule has 0 spiro atoms. The average Bonchev–Trinajstić information content (AvgIpc) is 2.66. The summed E-state index contributed by atoms with van der Waals surface area (Å²) in [6, 6.07) is 7.56. The van der Waals surface area contributed by atoms with Crippen LogP contribution in [-0.2, 0) is 0 Å². The number of anilines is 1. The molecule has 0 bridgehead atoms. The highest BCUT2D eigenvalue weighted by Crippen LogP contribution is 2.39. The Morgan fingerprint density at radius 3 is 2.14 bits per heavy atom. The fourth-order valence-corrected chi connectivity index (χ4v) is 2.98. The predicted molar refractivity (Wildman–Crippen MR) is 118 cm³/mol. The number of halogens is 2. The first-order valence-corrected chi connectivity index (χ1v) is 10.2. The average molecular weight is 485 g/mol. The van der Waals surface area contributed by atoms with Crippen LogP contribution in [0.5, 0.6) is 17.2 Å². The zero-order valence-electron chi connectivity index (χ0n) is 16.3. The first-order valence-electron chi connectivity index (χ1n) is 9.03. The predicted octanol–water partition coefficient (Wildman–Crippen LogP) is 4.91. The van der Waals surface area contributed by atoms with E-state index in [1.807, 2.05) is 20.8 Å². The Hall–Kier alpha value is -2.39. The van der Waals surface area contributed by atoms with Gasteiger partial charge in [-0.05, 0) is 63.3 Å². The third-order valence-corrected chi connectivity index (χ3v) is 4.28. The molecule has 156 valence electrons. The van der Waals surface area contributed by atoms with E-state index in [4.69, 9.17) is 26.4 Å². The molecule has 0 saturated carbocycles. The largest absolute Gasteiger partial charge is 0.490 e. The van der Waals surface area contributed by atoms with Gasteiger partial charge in [0.25, 0.3) is 5.91 Å². The maximum absolute atomic E-state index is 14.0. The Balaban J connectivity index is 2.23. The van der Waals surface area contributed by atoms with Crippen molar-refractivity contribution in [3.8, 4) is 17.2 Å². The molecule has 0 atom stereocenters. The van der Waals surface area contributed by atoms with Crippen LogP contribution in [0, 0.1) is 5.82 Å². The van der Waals surface area contributed by atoms with Crippen molar-refractivity contribution < 1.29 is 23.4 Å². The van der Waals surface area contributed by atoms with Crippen LogP contribution in [0.4, 0.5) is 10.1 Å². The summed E-state index contributed by atoms with van der Waals surface area (Å²) in [6.45, 7) is 6.69. The van der Waals surface area contributed by atoms with E-state index in [9.17, 15) is 9.18 Å². The van der Waals surface area contributed by atoms with Crippen LogP contribution in [0.2, 0.25) is 0 Å². The van der Waals surface area contributed by atoms with Gasteiger partial charge in [0.15, 0.2) is 16.6 Å².